The molecule has 0 spiro atoms. The van der Waals surface area contributed by atoms with Crippen LogP contribution in [0, 0.1) is 0 Å². The smallest absolute Gasteiger partial charge is 0.0473 e. The summed E-state index contributed by atoms with van der Waals surface area (Å²) in [5.74, 6) is 0. The van der Waals surface area contributed by atoms with Gasteiger partial charge in [-0.1, -0.05) is 98.4 Å². The van der Waals surface area contributed by atoms with Crippen LogP contribution in [0.2, 0.25) is 0 Å². The Bertz CT molecular complexity index is 593. The Hall–Kier alpha value is -2.38. The SMILES string of the molecule is C.OCCC(c1ccccc1)(c1ccccc1)c1ccccc1. The van der Waals surface area contributed by atoms with Crippen LogP contribution < -0.4 is 0 Å². The van der Waals surface area contributed by atoms with E-state index in [1.165, 1.54) is 16.7 Å². The molecule has 0 amide bonds. The van der Waals surface area contributed by atoms with Crippen molar-refractivity contribution in [1.82, 2.24) is 0 Å². The number of aliphatic hydroxyl groups excluding tert-OH is 1. The van der Waals surface area contributed by atoms with E-state index < -0.39 is 0 Å². The first-order valence-corrected chi connectivity index (χ1v) is 7.65. The summed E-state index contributed by atoms with van der Waals surface area (Å²) in [6.45, 7) is 0.138. The minimum atomic E-state index is -0.321. The minimum Gasteiger partial charge on any atom is -0.396 e. The van der Waals surface area contributed by atoms with E-state index in [9.17, 15) is 5.11 Å². The predicted octanol–water partition coefficient (Wildman–Crippen LogP) is 5.04. The quantitative estimate of drug-likeness (QED) is 0.655. The van der Waals surface area contributed by atoms with Crippen LogP contribution in [-0.4, -0.2) is 11.7 Å². The summed E-state index contributed by atoms with van der Waals surface area (Å²) in [4.78, 5) is 0. The second kappa shape index (κ2) is 7.75. The molecule has 0 aliphatic rings. The van der Waals surface area contributed by atoms with Gasteiger partial charge >= 0.3 is 0 Å². The monoisotopic (exact) mass is 304 g/mol. The fourth-order valence-electron chi connectivity index (χ4n) is 3.27. The molecule has 3 aromatic rings. The predicted molar refractivity (Wildman–Crippen MR) is 97.6 cm³/mol. The Morgan fingerprint density at radius 3 is 1.13 bits per heavy atom. The van der Waals surface area contributed by atoms with E-state index in [2.05, 4.69) is 72.8 Å². The van der Waals surface area contributed by atoms with Gasteiger partial charge in [-0.2, -0.15) is 0 Å². The molecular formula is C22H24O. The molecule has 0 aromatic heterocycles. The molecule has 118 valence electrons. The van der Waals surface area contributed by atoms with Gasteiger partial charge in [-0.05, 0) is 23.1 Å². The molecular weight excluding hydrogens is 280 g/mol. The topological polar surface area (TPSA) is 20.2 Å². The van der Waals surface area contributed by atoms with Crippen LogP contribution in [-0.2, 0) is 5.41 Å². The molecule has 1 nitrogen and oxygen atoms in total. The number of hydrogen-bond donors (Lipinski definition) is 1. The lowest BCUT2D eigenvalue weighted by Gasteiger charge is -2.35. The van der Waals surface area contributed by atoms with Gasteiger partial charge in [-0.3, -0.25) is 0 Å². The molecule has 0 atom stereocenters. The highest BCUT2D eigenvalue weighted by Crippen LogP contribution is 2.41. The van der Waals surface area contributed by atoms with Crippen LogP contribution in [0.4, 0.5) is 0 Å². The molecule has 0 aliphatic carbocycles. The molecule has 1 N–H and O–H groups in total. The van der Waals surface area contributed by atoms with Gasteiger partial charge in [0.25, 0.3) is 0 Å². The maximum absolute atomic E-state index is 9.79. The van der Waals surface area contributed by atoms with Gasteiger partial charge in [0.05, 0.1) is 0 Å². The summed E-state index contributed by atoms with van der Waals surface area (Å²) in [6.07, 6.45) is 0.658. The van der Waals surface area contributed by atoms with Crippen molar-refractivity contribution in [3.63, 3.8) is 0 Å². The van der Waals surface area contributed by atoms with Crippen molar-refractivity contribution in [3.05, 3.63) is 108 Å². The van der Waals surface area contributed by atoms with Gasteiger partial charge in [-0.25, -0.2) is 0 Å². The van der Waals surface area contributed by atoms with Crippen LogP contribution >= 0.6 is 0 Å². The molecule has 1 heteroatoms. The van der Waals surface area contributed by atoms with Crippen LogP contribution in [0.5, 0.6) is 0 Å². The van der Waals surface area contributed by atoms with Crippen LogP contribution in [0.25, 0.3) is 0 Å². The molecule has 0 fully saturated rings. The standard InChI is InChI=1S/C21H20O.CH4/c22-17-16-21(18-10-4-1-5-11-18,19-12-6-2-7-13-19)20-14-8-3-9-15-20;/h1-15,22H,16-17H2;1H4. The van der Waals surface area contributed by atoms with Crippen molar-refractivity contribution in [2.24, 2.45) is 0 Å². The summed E-state index contributed by atoms with van der Waals surface area (Å²) < 4.78 is 0. The van der Waals surface area contributed by atoms with E-state index in [0.29, 0.717) is 6.42 Å². The van der Waals surface area contributed by atoms with Crippen molar-refractivity contribution in [3.8, 4) is 0 Å². The third kappa shape index (κ3) is 3.20. The van der Waals surface area contributed by atoms with Crippen molar-refractivity contribution in [2.45, 2.75) is 19.3 Å². The maximum Gasteiger partial charge on any atom is 0.0473 e. The van der Waals surface area contributed by atoms with Gasteiger partial charge in [0, 0.05) is 12.0 Å². The number of benzene rings is 3. The summed E-state index contributed by atoms with van der Waals surface area (Å²) in [5.41, 5.74) is 3.31. The second-order valence-corrected chi connectivity index (χ2v) is 5.48. The fraction of sp³-hybridized carbons (Fsp3) is 0.182. The lowest BCUT2D eigenvalue weighted by atomic mass is 9.67. The zero-order valence-corrected chi connectivity index (χ0v) is 12.5. The van der Waals surface area contributed by atoms with Crippen LogP contribution in [0.1, 0.15) is 30.5 Å². The number of hydrogen-bond acceptors (Lipinski definition) is 1. The van der Waals surface area contributed by atoms with Crippen LogP contribution in [0.3, 0.4) is 0 Å². The van der Waals surface area contributed by atoms with E-state index in [-0.39, 0.29) is 19.4 Å². The van der Waals surface area contributed by atoms with Crippen molar-refractivity contribution >= 4 is 0 Å². The average Bonchev–Trinajstić information content (AvgIpc) is 2.62. The van der Waals surface area contributed by atoms with Crippen molar-refractivity contribution < 1.29 is 5.11 Å². The fourth-order valence-corrected chi connectivity index (χ4v) is 3.27. The Balaban J connectivity index is 0.00000192. The lowest BCUT2D eigenvalue weighted by molar-refractivity contribution is 0.265. The van der Waals surface area contributed by atoms with Gasteiger partial charge in [0.1, 0.15) is 0 Å². The third-order valence-electron chi connectivity index (χ3n) is 4.29. The summed E-state index contributed by atoms with van der Waals surface area (Å²) in [5, 5.41) is 9.79. The van der Waals surface area contributed by atoms with Gasteiger partial charge in [-0.15, -0.1) is 0 Å². The highest BCUT2D eigenvalue weighted by atomic mass is 16.3. The number of rotatable bonds is 5. The van der Waals surface area contributed by atoms with E-state index in [1.54, 1.807) is 0 Å². The molecule has 0 saturated carbocycles. The lowest BCUT2D eigenvalue weighted by Crippen LogP contribution is -2.30. The van der Waals surface area contributed by atoms with E-state index >= 15 is 0 Å². The first kappa shape index (κ1) is 17.0. The third-order valence-corrected chi connectivity index (χ3v) is 4.29. The van der Waals surface area contributed by atoms with Gasteiger partial charge < -0.3 is 5.11 Å². The average molecular weight is 304 g/mol. The Labute approximate surface area is 139 Å². The van der Waals surface area contributed by atoms with E-state index in [0.717, 1.165) is 0 Å². The van der Waals surface area contributed by atoms with Gasteiger partial charge in [0.15, 0.2) is 0 Å². The molecule has 0 bridgehead atoms. The first-order chi connectivity index (χ1) is 10.9. The summed E-state index contributed by atoms with van der Waals surface area (Å²) in [7, 11) is 0. The molecule has 3 rings (SSSR count). The van der Waals surface area contributed by atoms with Crippen LogP contribution in [0.15, 0.2) is 91.0 Å². The molecule has 0 radical (unpaired) electrons. The second-order valence-electron chi connectivity index (χ2n) is 5.48. The van der Waals surface area contributed by atoms with Gasteiger partial charge in [0.2, 0.25) is 0 Å². The number of aliphatic hydroxyl groups is 1. The minimum absolute atomic E-state index is 0. The maximum atomic E-state index is 9.79. The molecule has 0 heterocycles. The zero-order chi connectivity index (χ0) is 15.3. The highest BCUT2D eigenvalue weighted by molar-refractivity contribution is 5.50. The first-order valence-electron chi connectivity index (χ1n) is 7.65. The summed E-state index contributed by atoms with van der Waals surface area (Å²) in [6, 6.07) is 31.4. The molecule has 0 unspecified atom stereocenters. The van der Waals surface area contributed by atoms with Crippen molar-refractivity contribution in [2.75, 3.05) is 6.61 Å². The molecule has 0 saturated heterocycles. The molecule has 23 heavy (non-hydrogen) atoms. The zero-order valence-electron chi connectivity index (χ0n) is 12.5. The van der Waals surface area contributed by atoms with E-state index in [4.69, 9.17) is 0 Å². The Morgan fingerprint density at radius 2 is 0.870 bits per heavy atom. The Morgan fingerprint density at radius 1 is 0.565 bits per heavy atom. The molecule has 0 aliphatic heterocycles. The normalized spacial score (nSPS) is 10.8. The largest absolute Gasteiger partial charge is 0.396 e. The van der Waals surface area contributed by atoms with Crippen molar-refractivity contribution in [1.29, 1.82) is 0 Å². The highest BCUT2D eigenvalue weighted by Gasteiger charge is 2.35. The summed E-state index contributed by atoms with van der Waals surface area (Å²) >= 11 is 0. The molecule has 3 aromatic carbocycles. The Kier molecular flexibility index (Phi) is 5.72. The van der Waals surface area contributed by atoms with E-state index in [1.807, 2.05) is 18.2 Å².